The van der Waals surface area contributed by atoms with Gasteiger partial charge >= 0.3 is 0 Å². The monoisotopic (exact) mass is 283 g/mol. The molecule has 2 fully saturated rings. The molecule has 1 saturated carbocycles. The van der Waals surface area contributed by atoms with Crippen molar-refractivity contribution in [2.75, 3.05) is 20.1 Å². The zero-order valence-corrected chi connectivity index (χ0v) is 14.7. The summed E-state index contributed by atoms with van der Waals surface area (Å²) in [5.41, 5.74) is 0. The molecule has 3 nitrogen and oxygen atoms in total. The summed E-state index contributed by atoms with van der Waals surface area (Å²) in [5.74, 6) is 0. The first-order chi connectivity index (χ1) is 9.27. The Balaban J connectivity index is 1.86. The van der Waals surface area contributed by atoms with E-state index in [2.05, 4.69) is 34.9 Å². The smallest absolute Gasteiger partial charge is 0.177 e. The molecule has 0 N–H and O–H groups in total. The van der Waals surface area contributed by atoms with Gasteiger partial charge in [-0.2, -0.15) is 0 Å². The Morgan fingerprint density at radius 3 is 2.47 bits per heavy atom. The molecular weight excluding hydrogens is 250 g/mol. The van der Waals surface area contributed by atoms with Crippen molar-refractivity contribution in [1.82, 2.24) is 14.0 Å². The first-order valence-electron chi connectivity index (χ1n) is 8.48. The fraction of sp³-hybridized carbons (Fsp3) is 1.00. The largest absolute Gasteiger partial charge is 0.289 e. The van der Waals surface area contributed by atoms with Gasteiger partial charge in [-0.25, -0.2) is 0 Å². The summed E-state index contributed by atoms with van der Waals surface area (Å²) in [4.78, 5) is 2.55. The van der Waals surface area contributed by atoms with Gasteiger partial charge in [-0.1, -0.05) is 46.0 Å². The topological polar surface area (TPSA) is 9.72 Å². The van der Waals surface area contributed by atoms with E-state index in [1.165, 1.54) is 64.5 Å². The SMILES string of the molecule is CCCCCN1[SiH2]N(C2CCCCC2)C1N(C)CC. The van der Waals surface area contributed by atoms with Gasteiger partial charge in [-0.05, 0) is 39.4 Å². The predicted octanol–water partition coefficient (Wildman–Crippen LogP) is 2.36. The Morgan fingerprint density at radius 2 is 1.84 bits per heavy atom. The van der Waals surface area contributed by atoms with Crippen molar-refractivity contribution in [1.29, 1.82) is 0 Å². The molecule has 1 heterocycles. The van der Waals surface area contributed by atoms with Gasteiger partial charge in [-0.15, -0.1) is 0 Å². The molecule has 1 aliphatic carbocycles. The van der Waals surface area contributed by atoms with Crippen molar-refractivity contribution in [2.24, 2.45) is 0 Å². The second-order valence-corrected chi connectivity index (χ2v) is 8.21. The lowest BCUT2D eigenvalue weighted by molar-refractivity contribution is -0.0548. The van der Waals surface area contributed by atoms with E-state index in [4.69, 9.17) is 0 Å². The highest BCUT2D eigenvalue weighted by Gasteiger charge is 2.42. The Bertz CT molecular complexity index is 256. The molecule has 0 radical (unpaired) electrons. The quantitative estimate of drug-likeness (QED) is 0.525. The van der Waals surface area contributed by atoms with Crippen LogP contribution in [-0.4, -0.2) is 56.3 Å². The summed E-state index contributed by atoms with van der Waals surface area (Å²) < 4.78 is 5.71. The minimum absolute atomic E-state index is 0.114. The fourth-order valence-electron chi connectivity index (χ4n) is 3.63. The molecule has 112 valence electrons. The zero-order valence-electron chi connectivity index (χ0n) is 13.3. The maximum atomic E-state index is 2.90. The van der Waals surface area contributed by atoms with E-state index in [0.717, 1.165) is 6.04 Å². The second kappa shape index (κ2) is 7.77. The lowest BCUT2D eigenvalue weighted by Crippen LogP contribution is -2.74. The first-order valence-corrected chi connectivity index (χ1v) is 9.74. The third kappa shape index (κ3) is 3.81. The van der Waals surface area contributed by atoms with E-state index in [1.807, 2.05) is 0 Å². The van der Waals surface area contributed by atoms with Crippen LogP contribution in [0.3, 0.4) is 0 Å². The van der Waals surface area contributed by atoms with Gasteiger partial charge in [0, 0.05) is 6.04 Å². The zero-order chi connectivity index (χ0) is 13.7. The summed E-state index contributed by atoms with van der Waals surface area (Å²) in [6.07, 6.45) is 12.1. The van der Waals surface area contributed by atoms with Gasteiger partial charge in [0.1, 0.15) is 6.29 Å². The van der Waals surface area contributed by atoms with Gasteiger partial charge in [0.2, 0.25) is 0 Å². The average Bonchev–Trinajstić information content (AvgIpc) is 2.42. The van der Waals surface area contributed by atoms with Crippen LogP contribution in [0.25, 0.3) is 0 Å². The number of rotatable bonds is 7. The molecule has 2 rings (SSSR count). The third-order valence-electron chi connectivity index (χ3n) is 4.95. The normalized spacial score (nSPS) is 28.1. The van der Waals surface area contributed by atoms with Crippen LogP contribution >= 0.6 is 0 Å². The molecule has 0 bridgehead atoms. The van der Waals surface area contributed by atoms with E-state index >= 15 is 0 Å². The molecule has 1 aliphatic heterocycles. The summed E-state index contributed by atoms with van der Waals surface area (Å²) >= 11 is 0. The van der Waals surface area contributed by atoms with E-state index in [1.54, 1.807) is 0 Å². The highest BCUT2D eigenvalue weighted by molar-refractivity contribution is 6.32. The van der Waals surface area contributed by atoms with Crippen molar-refractivity contribution in [2.45, 2.75) is 77.5 Å². The molecule has 0 spiro atoms. The number of hydrogen-bond donors (Lipinski definition) is 0. The molecule has 2 aliphatic rings. The molecular formula is C15H33N3Si. The van der Waals surface area contributed by atoms with Crippen molar-refractivity contribution < 1.29 is 0 Å². The third-order valence-corrected chi connectivity index (χ3v) is 7.13. The van der Waals surface area contributed by atoms with Crippen LogP contribution in [-0.2, 0) is 0 Å². The maximum absolute atomic E-state index is 2.90. The minimum atomic E-state index is -0.114. The number of unbranched alkanes of at least 4 members (excludes halogenated alkanes) is 2. The Kier molecular flexibility index (Phi) is 6.33. The van der Waals surface area contributed by atoms with Crippen LogP contribution < -0.4 is 0 Å². The highest BCUT2D eigenvalue weighted by atomic mass is 28.2. The summed E-state index contributed by atoms with van der Waals surface area (Å²) in [5, 5.41) is 0. The predicted molar refractivity (Wildman–Crippen MR) is 85.6 cm³/mol. The van der Waals surface area contributed by atoms with Crippen molar-refractivity contribution >= 4 is 9.84 Å². The molecule has 1 unspecified atom stereocenters. The van der Waals surface area contributed by atoms with Gasteiger partial charge in [-0.3, -0.25) is 14.0 Å². The molecule has 0 aromatic rings. The molecule has 1 saturated heterocycles. The highest BCUT2D eigenvalue weighted by Crippen LogP contribution is 2.30. The van der Waals surface area contributed by atoms with Gasteiger partial charge < -0.3 is 0 Å². The van der Waals surface area contributed by atoms with Crippen LogP contribution in [0.2, 0.25) is 0 Å². The minimum Gasteiger partial charge on any atom is -0.289 e. The van der Waals surface area contributed by atoms with Gasteiger partial charge in [0.25, 0.3) is 0 Å². The van der Waals surface area contributed by atoms with Crippen molar-refractivity contribution in [3.05, 3.63) is 0 Å². The van der Waals surface area contributed by atoms with E-state index in [0.29, 0.717) is 6.29 Å². The summed E-state index contributed by atoms with van der Waals surface area (Å²) in [6.45, 7) is 7.12. The maximum Gasteiger partial charge on any atom is 0.177 e. The van der Waals surface area contributed by atoms with Crippen molar-refractivity contribution in [3.63, 3.8) is 0 Å². The number of hydrogen-bond acceptors (Lipinski definition) is 3. The molecule has 0 aromatic heterocycles. The Hall–Kier alpha value is 0.0969. The van der Waals surface area contributed by atoms with Gasteiger partial charge in [0.05, 0.1) is 0 Å². The molecule has 19 heavy (non-hydrogen) atoms. The lowest BCUT2D eigenvalue weighted by atomic mass is 9.95. The van der Waals surface area contributed by atoms with Crippen LogP contribution in [0.15, 0.2) is 0 Å². The summed E-state index contributed by atoms with van der Waals surface area (Å²) in [7, 11) is 2.19. The fourth-order valence-corrected chi connectivity index (χ4v) is 6.00. The van der Waals surface area contributed by atoms with E-state index in [-0.39, 0.29) is 9.84 Å². The van der Waals surface area contributed by atoms with Crippen LogP contribution in [0, 0.1) is 0 Å². The summed E-state index contributed by atoms with van der Waals surface area (Å²) in [6, 6.07) is 0.918. The number of nitrogens with zero attached hydrogens (tertiary/aromatic N) is 3. The first kappa shape index (κ1) is 15.5. The van der Waals surface area contributed by atoms with Crippen LogP contribution in [0.5, 0.6) is 0 Å². The van der Waals surface area contributed by atoms with Gasteiger partial charge in [0.15, 0.2) is 9.84 Å². The van der Waals surface area contributed by atoms with Crippen molar-refractivity contribution in [3.8, 4) is 0 Å². The van der Waals surface area contributed by atoms with E-state index < -0.39 is 0 Å². The molecule has 1 atom stereocenters. The Morgan fingerprint density at radius 1 is 1.11 bits per heavy atom. The lowest BCUT2D eigenvalue weighted by Gasteiger charge is -2.58. The average molecular weight is 284 g/mol. The second-order valence-electron chi connectivity index (χ2n) is 6.39. The van der Waals surface area contributed by atoms with Crippen LogP contribution in [0.4, 0.5) is 0 Å². The standard InChI is InChI=1S/C15H33N3Si/c1-4-6-10-13-17-15(16(3)5-2)18(19-17)14-11-8-7-9-12-14/h14-15H,4-13,19H2,1-3H3. The Labute approximate surface area is 122 Å². The molecule has 4 heteroatoms. The van der Waals surface area contributed by atoms with E-state index in [9.17, 15) is 0 Å². The molecule has 0 aromatic carbocycles. The van der Waals surface area contributed by atoms with Crippen LogP contribution in [0.1, 0.15) is 65.2 Å². The molecule has 0 amide bonds.